The third kappa shape index (κ3) is 4.29. The van der Waals surface area contributed by atoms with Crippen LogP contribution in [0.1, 0.15) is 42.7 Å². The standard InChI is InChI=1S/C23H24N4O4S/c1-3-5-12-31-20-19(23(29)30-4-2)21-18(11-13-32-21)26(22(20)28)14-16-15-27(25-24-16)17-9-7-6-8-10-17/h6-11,13,15H,3-5,12,14H2,1-2H3. The van der Waals surface area contributed by atoms with Gasteiger partial charge in [0.2, 0.25) is 5.75 Å². The summed E-state index contributed by atoms with van der Waals surface area (Å²) in [5, 5.41) is 10.3. The number of fused-ring (bicyclic) bond motifs is 1. The molecule has 3 aromatic heterocycles. The molecule has 8 nitrogen and oxygen atoms in total. The number of unbranched alkanes of at least 4 members (excludes halogenated alkanes) is 1. The van der Waals surface area contributed by atoms with E-state index >= 15 is 0 Å². The van der Waals surface area contributed by atoms with E-state index < -0.39 is 5.97 Å². The summed E-state index contributed by atoms with van der Waals surface area (Å²) in [4.78, 5) is 26.2. The number of pyridine rings is 1. The maximum absolute atomic E-state index is 13.5. The molecule has 0 fully saturated rings. The molecule has 0 aliphatic rings. The van der Waals surface area contributed by atoms with Crippen molar-refractivity contribution in [1.82, 2.24) is 19.6 Å². The summed E-state index contributed by atoms with van der Waals surface area (Å²) < 4.78 is 15.0. The van der Waals surface area contributed by atoms with Gasteiger partial charge in [0.15, 0.2) is 0 Å². The lowest BCUT2D eigenvalue weighted by Crippen LogP contribution is -2.26. The van der Waals surface area contributed by atoms with Gasteiger partial charge in [0.25, 0.3) is 5.56 Å². The Hall–Kier alpha value is -3.46. The van der Waals surface area contributed by atoms with Crippen molar-refractivity contribution < 1.29 is 14.3 Å². The number of para-hydroxylation sites is 1. The van der Waals surface area contributed by atoms with Crippen molar-refractivity contribution in [2.45, 2.75) is 33.2 Å². The summed E-state index contributed by atoms with van der Waals surface area (Å²) in [7, 11) is 0. The molecule has 0 radical (unpaired) electrons. The lowest BCUT2D eigenvalue weighted by molar-refractivity contribution is 0.0523. The molecule has 0 unspecified atom stereocenters. The first-order valence-corrected chi connectivity index (χ1v) is 11.4. The van der Waals surface area contributed by atoms with Crippen LogP contribution in [-0.4, -0.2) is 38.7 Å². The highest BCUT2D eigenvalue weighted by molar-refractivity contribution is 7.17. The van der Waals surface area contributed by atoms with Crippen LogP contribution in [-0.2, 0) is 11.3 Å². The maximum atomic E-state index is 13.5. The third-order valence-corrected chi connectivity index (χ3v) is 5.86. The van der Waals surface area contributed by atoms with E-state index in [1.54, 1.807) is 22.4 Å². The van der Waals surface area contributed by atoms with Crippen LogP contribution < -0.4 is 10.3 Å². The number of aromatic nitrogens is 4. The van der Waals surface area contributed by atoms with Gasteiger partial charge in [-0.15, -0.1) is 16.4 Å². The average molecular weight is 453 g/mol. The minimum absolute atomic E-state index is 0.0299. The highest BCUT2D eigenvalue weighted by atomic mass is 32.1. The third-order valence-electron chi connectivity index (χ3n) is 4.93. The second-order valence-corrected chi connectivity index (χ2v) is 8.06. The van der Waals surface area contributed by atoms with Gasteiger partial charge in [-0.25, -0.2) is 9.48 Å². The molecule has 0 N–H and O–H groups in total. The molecule has 3 heterocycles. The molecular weight excluding hydrogens is 428 g/mol. The molecule has 0 aliphatic heterocycles. The van der Waals surface area contributed by atoms with Crippen molar-refractivity contribution >= 4 is 27.5 Å². The van der Waals surface area contributed by atoms with Crippen LogP contribution in [0, 0.1) is 0 Å². The van der Waals surface area contributed by atoms with E-state index in [0.717, 1.165) is 18.5 Å². The molecule has 0 spiro atoms. The lowest BCUT2D eigenvalue weighted by atomic mass is 10.2. The van der Waals surface area contributed by atoms with Crippen LogP contribution in [0.25, 0.3) is 15.9 Å². The predicted molar refractivity (Wildman–Crippen MR) is 123 cm³/mol. The molecule has 9 heteroatoms. The Balaban J connectivity index is 1.78. The molecule has 0 atom stereocenters. The van der Waals surface area contributed by atoms with Gasteiger partial charge in [0.1, 0.15) is 11.3 Å². The van der Waals surface area contributed by atoms with Crippen LogP contribution >= 0.6 is 11.3 Å². The van der Waals surface area contributed by atoms with E-state index in [1.807, 2.05) is 48.7 Å². The monoisotopic (exact) mass is 452 g/mol. The Morgan fingerprint density at radius 2 is 1.97 bits per heavy atom. The van der Waals surface area contributed by atoms with Gasteiger partial charge in [-0.2, -0.15) is 0 Å². The minimum Gasteiger partial charge on any atom is -0.487 e. The quantitative estimate of drug-likeness (QED) is 0.281. The first kappa shape index (κ1) is 21.8. The van der Waals surface area contributed by atoms with E-state index in [-0.39, 0.29) is 30.0 Å². The van der Waals surface area contributed by atoms with E-state index in [0.29, 0.717) is 22.5 Å². The van der Waals surface area contributed by atoms with Crippen LogP contribution in [0.15, 0.2) is 52.8 Å². The summed E-state index contributed by atoms with van der Waals surface area (Å²) in [6, 6.07) is 11.4. The fraction of sp³-hybridized carbons (Fsp3) is 0.304. The normalized spacial score (nSPS) is 11.1. The number of esters is 1. The van der Waals surface area contributed by atoms with Crippen LogP contribution in [0.3, 0.4) is 0 Å². The van der Waals surface area contributed by atoms with Crippen molar-refractivity contribution in [2.75, 3.05) is 13.2 Å². The van der Waals surface area contributed by atoms with Crippen molar-refractivity contribution in [2.24, 2.45) is 0 Å². The van der Waals surface area contributed by atoms with Crippen LogP contribution in [0.2, 0.25) is 0 Å². The largest absolute Gasteiger partial charge is 0.487 e. The van der Waals surface area contributed by atoms with Gasteiger partial charge >= 0.3 is 5.97 Å². The first-order valence-electron chi connectivity index (χ1n) is 10.5. The summed E-state index contributed by atoms with van der Waals surface area (Å²) in [6.07, 6.45) is 3.47. The number of ether oxygens (including phenoxy) is 2. The molecule has 0 bridgehead atoms. The second-order valence-electron chi connectivity index (χ2n) is 7.14. The number of rotatable bonds is 9. The zero-order valence-corrected chi connectivity index (χ0v) is 18.8. The van der Waals surface area contributed by atoms with E-state index in [1.165, 1.54) is 11.3 Å². The fourth-order valence-corrected chi connectivity index (χ4v) is 4.31. The number of carbonyl (C=O) groups is 1. The molecule has 32 heavy (non-hydrogen) atoms. The SMILES string of the molecule is CCCCOc1c(C(=O)OCC)c2sccc2n(Cc2cn(-c3ccccc3)nn2)c1=O. The highest BCUT2D eigenvalue weighted by Crippen LogP contribution is 2.30. The summed E-state index contributed by atoms with van der Waals surface area (Å²) in [5.41, 5.74) is 1.94. The smallest absolute Gasteiger partial charge is 0.343 e. The summed E-state index contributed by atoms with van der Waals surface area (Å²) >= 11 is 1.38. The van der Waals surface area contributed by atoms with Crippen LogP contribution in [0.4, 0.5) is 0 Å². The highest BCUT2D eigenvalue weighted by Gasteiger charge is 2.26. The topological polar surface area (TPSA) is 88.2 Å². The molecule has 4 aromatic rings. The van der Waals surface area contributed by atoms with E-state index in [2.05, 4.69) is 10.3 Å². The van der Waals surface area contributed by atoms with Crippen molar-refractivity contribution in [3.8, 4) is 11.4 Å². The Morgan fingerprint density at radius 3 is 2.72 bits per heavy atom. The molecule has 1 aromatic carbocycles. The van der Waals surface area contributed by atoms with Crippen molar-refractivity contribution in [3.63, 3.8) is 0 Å². The maximum Gasteiger partial charge on any atom is 0.343 e. The molecule has 0 amide bonds. The Labute approximate surface area is 189 Å². The van der Waals surface area contributed by atoms with Gasteiger partial charge in [0.05, 0.1) is 41.9 Å². The van der Waals surface area contributed by atoms with E-state index in [4.69, 9.17) is 9.47 Å². The van der Waals surface area contributed by atoms with Crippen molar-refractivity contribution in [1.29, 1.82) is 0 Å². The Kier molecular flexibility index (Phi) is 6.65. The van der Waals surface area contributed by atoms with Gasteiger partial charge in [-0.3, -0.25) is 9.36 Å². The summed E-state index contributed by atoms with van der Waals surface area (Å²) in [6.45, 7) is 4.53. The fourth-order valence-electron chi connectivity index (χ4n) is 3.38. The minimum atomic E-state index is -0.550. The lowest BCUT2D eigenvalue weighted by Gasteiger charge is -2.15. The molecule has 0 aliphatic carbocycles. The number of thiophene rings is 1. The summed E-state index contributed by atoms with van der Waals surface area (Å²) in [5.74, 6) is -0.520. The molecule has 166 valence electrons. The van der Waals surface area contributed by atoms with Crippen molar-refractivity contribution in [3.05, 3.63) is 69.6 Å². The van der Waals surface area contributed by atoms with Gasteiger partial charge < -0.3 is 9.47 Å². The zero-order chi connectivity index (χ0) is 22.5. The van der Waals surface area contributed by atoms with E-state index in [9.17, 15) is 9.59 Å². The van der Waals surface area contributed by atoms with Gasteiger partial charge in [-0.05, 0) is 36.9 Å². The van der Waals surface area contributed by atoms with Crippen LogP contribution in [0.5, 0.6) is 5.75 Å². The second kappa shape index (κ2) is 9.78. The first-order chi connectivity index (χ1) is 15.6. The number of hydrogen-bond acceptors (Lipinski definition) is 7. The molecule has 4 rings (SSSR count). The molecule has 0 saturated heterocycles. The number of nitrogens with zero attached hydrogens (tertiary/aromatic N) is 4. The number of carbonyl (C=O) groups excluding carboxylic acids is 1. The molecule has 0 saturated carbocycles. The Morgan fingerprint density at radius 1 is 1.16 bits per heavy atom. The number of benzene rings is 1. The number of hydrogen-bond donors (Lipinski definition) is 0. The predicted octanol–water partition coefficient (Wildman–Crippen LogP) is 4.05. The van der Waals surface area contributed by atoms with Gasteiger partial charge in [-0.1, -0.05) is 36.8 Å². The molecular formula is C23H24N4O4S. The Bertz CT molecular complexity index is 1280. The van der Waals surface area contributed by atoms with Gasteiger partial charge in [0, 0.05) is 0 Å². The zero-order valence-electron chi connectivity index (χ0n) is 18.0. The average Bonchev–Trinajstić information content (AvgIpc) is 3.47.